The molecule has 7 nitrogen and oxygen atoms in total. The van der Waals surface area contributed by atoms with Gasteiger partial charge in [0.2, 0.25) is 11.7 Å². The molecular weight excluding hydrogens is 397 g/mol. The lowest BCUT2D eigenvalue weighted by atomic mass is 10.2. The largest absolute Gasteiger partial charge is 0.324 e. The van der Waals surface area contributed by atoms with E-state index in [1.807, 2.05) is 21.9 Å². The first kappa shape index (κ1) is 19.4. The maximum Gasteiger partial charge on any atom is 0.324 e. The Morgan fingerprint density at radius 2 is 1.93 bits per heavy atom. The normalized spacial score (nSPS) is 14.8. The Morgan fingerprint density at radius 3 is 2.69 bits per heavy atom. The fraction of sp³-hybridized carbons (Fsp3) is 0.250. The van der Waals surface area contributed by atoms with Crippen molar-refractivity contribution in [3.8, 4) is 11.4 Å². The summed E-state index contributed by atoms with van der Waals surface area (Å²) in [7, 11) is 0. The van der Waals surface area contributed by atoms with E-state index in [9.17, 15) is 9.18 Å². The first-order valence-electron chi connectivity index (χ1n) is 9.20. The van der Waals surface area contributed by atoms with Crippen molar-refractivity contribution in [3.63, 3.8) is 0 Å². The number of aromatic nitrogens is 2. The molecule has 0 bridgehead atoms. The number of carbonyl (C=O) groups is 1. The monoisotopic (exact) mass is 415 g/mol. The Labute approximate surface area is 172 Å². The highest BCUT2D eigenvalue weighted by Gasteiger charge is 2.23. The molecule has 0 saturated carbocycles. The predicted octanol–water partition coefficient (Wildman–Crippen LogP) is 3.29. The SMILES string of the molecule is O=C(CN1CCN(c2nc(-c3cccc(Cl)c3)no2)CC1)Nc1ccccc1F. The Balaban J connectivity index is 1.31. The summed E-state index contributed by atoms with van der Waals surface area (Å²) in [5.74, 6) is -0.212. The van der Waals surface area contributed by atoms with Crippen LogP contribution in [0, 0.1) is 5.82 Å². The van der Waals surface area contributed by atoms with E-state index < -0.39 is 5.82 Å². The summed E-state index contributed by atoms with van der Waals surface area (Å²) in [5.41, 5.74) is 0.978. The molecule has 1 amide bonds. The summed E-state index contributed by atoms with van der Waals surface area (Å²) >= 11 is 6.01. The highest BCUT2D eigenvalue weighted by atomic mass is 35.5. The summed E-state index contributed by atoms with van der Waals surface area (Å²) in [5, 5.41) is 7.24. The van der Waals surface area contributed by atoms with Gasteiger partial charge in [0.25, 0.3) is 0 Å². The summed E-state index contributed by atoms with van der Waals surface area (Å²) in [6, 6.07) is 13.8. The van der Waals surface area contributed by atoms with E-state index in [-0.39, 0.29) is 18.1 Å². The first-order chi connectivity index (χ1) is 14.1. The van der Waals surface area contributed by atoms with Crippen LogP contribution in [0.2, 0.25) is 5.02 Å². The summed E-state index contributed by atoms with van der Waals surface area (Å²) in [6.07, 6.45) is 0. The second kappa shape index (κ2) is 8.59. The third-order valence-electron chi connectivity index (χ3n) is 4.66. The van der Waals surface area contributed by atoms with Crippen molar-refractivity contribution in [2.24, 2.45) is 0 Å². The van der Waals surface area contributed by atoms with Crippen molar-refractivity contribution in [1.29, 1.82) is 0 Å². The summed E-state index contributed by atoms with van der Waals surface area (Å²) in [6.45, 7) is 2.78. The number of benzene rings is 2. The fourth-order valence-electron chi connectivity index (χ4n) is 3.14. The lowest BCUT2D eigenvalue weighted by Gasteiger charge is -2.32. The van der Waals surface area contributed by atoms with Crippen LogP contribution >= 0.6 is 11.6 Å². The molecule has 2 aromatic carbocycles. The van der Waals surface area contributed by atoms with E-state index in [1.165, 1.54) is 12.1 Å². The van der Waals surface area contributed by atoms with Gasteiger partial charge in [0.1, 0.15) is 5.82 Å². The molecule has 0 spiro atoms. The highest BCUT2D eigenvalue weighted by Crippen LogP contribution is 2.23. The Hall–Kier alpha value is -2.97. The van der Waals surface area contributed by atoms with E-state index in [4.69, 9.17) is 16.1 Å². The molecule has 1 aliphatic rings. The topological polar surface area (TPSA) is 74.5 Å². The minimum atomic E-state index is -0.447. The fourth-order valence-corrected chi connectivity index (χ4v) is 3.33. The van der Waals surface area contributed by atoms with E-state index in [0.29, 0.717) is 43.0 Å². The van der Waals surface area contributed by atoms with E-state index in [0.717, 1.165) is 5.56 Å². The molecule has 0 radical (unpaired) electrons. The van der Waals surface area contributed by atoms with Crippen LogP contribution in [0.3, 0.4) is 0 Å². The molecule has 1 saturated heterocycles. The molecule has 3 aromatic rings. The van der Waals surface area contributed by atoms with Gasteiger partial charge in [-0.2, -0.15) is 4.98 Å². The number of nitrogens with zero attached hydrogens (tertiary/aromatic N) is 4. The van der Waals surface area contributed by atoms with Gasteiger partial charge in [-0.3, -0.25) is 9.69 Å². The van der Waals surface area contributed by atoms with Crippen molar-refractivity contribution in [3.05, 3.63) is 59.4 Å². The number of amides is 1. The van der Waals surface area contributed by atoms with Gasteiger partial charge in [0, 0.05) is 36.8 Å². The van der Waals surface area contributed by atoms with Crippen molar-refractivity contribution >= 4 is 29.2 Å². The minimum Gasteiger partial charge on any atom is -0.322 e. The highest BCUT2D eigenvalue weighted by molar-refractivity contribution is 6.30. The number of carbonyl (C=O) groups excluding carboxylic acids is 1. The number of rotatable bonds is 5. The quantitative estimate of drug-likeness (QED) is 0.689. The molecular formula is C20H19ClFN5O2. The van der Waals surface area contributed by atoms with Crippen LogP contribution in [-0.4, -0.2) is 53.7 Å². The third kappa shape index (κ3) is 4.72. The van der Waals surface area contributed by atoms with Gasteiger partial charge in [-0.1, -0.05) is 41.0 Å². The second-order valence-electron chi connectivity index (χ2n) is 6.70. The molecule has 4 rings (SSSR count). The molecule has 1 aromatic heterocycles. The molecule has 29 heavy (non-hydrogen) atoms. The number of nitrogens with one attached hydrogen (secondary N) is 1. The van der Waals surface area contributed by atoms with Gasteiger partial charge in [-0.25, -0.2) is 4.39 Å². The minimum absolute atomic E-state index is 0.190. The van der Waals surface area contributed by atoms with Crippen LogP contribution in [0.1, 0.15) is 0 Å². The zero-order chi connectivity index (χ0) is 20.2. The van der Waals surface area contributed by atoms with Crippen molar-refractivity contribution in [2.45, 2.75) is 0 Å². The maximum absolute atomic E-state index is 13.6. The van der Waals surface area contributed by atoms with Crippen molar-refractivity contribution < 1.29 is 13.7 Å². The molecule has 9 heteroatoms. The van der Waals surface area contributed by atoms with Crippen LogP contribution in [0.5, 0.6) is 0 Å². The lowest BCUT2D eigenvalue weighted by molar-refractivity contribution is -0.117. The van der Waals surface area contributed by atoms with Crippen LogP contribution in [-0.2, 0) is 4.79 Å². The average molecular weight is 416 g/mol. The Morgan fingerprint density at radius 1 is 1.14 bits per heavy atom. The van der Waals surface area contributed by atoms with Gasteiger partial charge in [0.05, 0.1) is 12.2 Å². The van der Waals surface area contributed by atoms with Gasteiger partial charge in [0.15, 0.2) is 0 Å². The number of para-hydroxylation sites is 1. The van der Waals surface area contributed by atoms with Gasteiger partial charge >= 0.3 is 6.01 Å². The molecule has 150 valence electrons. The van der Waals surface area contributed by atoms with E-state index in [2.05, 4.69) is 15.5 Å². The van der Waals surface area contributed by atoms with Gasteiger partial charge in [-0.15, -0.1) is 0 Å². The summed E-state index contributed by atoms with van der Waals surface area (Å²) < 4.78 is 19.0. The van der Waals surface area contributed by atoms with Crippen LogP contribution < -0.4 is 10.2 Å². The van der Waals surface area contributed by atoms with E-state index >= 15 is 0 Å². The van der Waals surface area contributed by atoms with Gasteiger partial charge in [-0.05, 0) is 24.3 Å². The smallest absolute Gasteiger partial charge is 0.322 e. The van der Waals surface area contributed by atoms with E-state index in [1.54, 1.807) is 24.3 Å². The Kier molecular flexibility index (Phi) is 5.73. The average Bonchev–Trinajstić information content (AvgIpc) is 3.21. The lowest BCUT2D eigenvalue weighted by Crippen LogP contribution is -2.48. The predicted molar refractivity (Wildman–Crippen MR) is 108 cm³/mol. The number of hydrogen-bond acceptors (Lipinski definition) is 6. The molecule has 0 atom stereocenters. The number of piperazine rings is 1. The Bertz CT molecular complexity index is 1000. The van der Waals surface area contributed by atoms with Crippen LogP contribution in [0.25, 0.3) is 11.4 Å². The van der Waals surface area contributed by atoms with Crippen molar-refractivity contribution in [2.75, 3.05) is 42.9 Å². The maximum atomic E-state index is 13.6. The number of halogens is 2. The van der Waals surface area contributed by atoms with Crippen molar-refractivity contribution in [1.82, 2.24) is 15.0 Å². The molecule has 1 aliphatic heterocycles. The molecule has 0 unspecified atom stereocenters. The van der Waals surface area contributed by atoms with Crippen LogP contribution in [0.15, 0.2) is 53.1 Å². The van der Waals surface area contributed by atoms with Crippen LogP contribution in [0.4, 0.5) is 16.1 Å². The molecule has 1 fully saturated rings. The zero-order valence-corrected chi connectivity index (χ0v) is 16.3. The molecule has 1 N–H and O–H groups in total. The molecule has 2 heterocycles. The third-order valence-corrected chi connectivity index (χ3v) is 4.89. The number of anilines is 2. The summed E-state index contributed by atoms with van der Waals surface area (Å²) in [4.78, 5) is 20.6. The number of hydrogen-bond donors (Lipinski definition) is 1. The van der Waals surface area contributed by atoms with Gasteiger partial charge < -0.3 is 14.7 Å². The standard InChI is InChI=1S/C20H19ClFN5O2/c21-15-5-3-4-14(12-15)19-24-20(29-25-19)27-10-8-26(9-11-27)13-18(28)23-17-7-2-1-6-16(17)22/h1-7,12H,8-11,13H2,(H,23,28). The first-order valence-corrected chi connectivity index (χ1v) is 9.57. The second-order valence-corrected chi connectivity index (χ2v) is 7.14. The molecule has 0 aliphatic carbocycles. The zero-order valence-electron chi connectivity index (χ0n) is 15.5.